The molecule has 1 saturated heterocycles. The van der Waals surface area contributed by atoms with Crippen LogP contribution in [0.25, 0.3) is 6.08 Å². The van der Waals surface area contributed by atoms with E-state index in [9.17, 15) is 4.79 Å². The van der Waals surface area contributed by atoms with Gasteiger partial charge in [-0.05, 0) is 24.3 Å². The van der Waals surface area contributed by atoms with E-state index in [-0.39, 0.29) is 5.91 Å². The van der Waals surface area contributed by atoms with Gasteiger partial charge in [0.25, 0.3) is 0 Å². The molecule has 1 aromatic rings. The summed E-state index contributed by atoms with van der Waals surface area (Å²) in [5.41, 5.74) is 2.64. The van der Waals surface area contributed by atoms with E-state index in [1.807, 2.05) is 10.3 Å². The number of hydrogen-bond acceptors (Lipinski definition) is 3. The van der Waals surface area contributed by atoms with Crippen LogP contribution < -0.4 is 0 Å². The van der Waals surface area contributed by atoms with E-state index in [1.165, 1.54) is 6.42 Å². The average molecular weight is 250 g/mol. The van der Waals surface area contributed by atoms with E-state index in [2.05, 4.69) is 18.8 Å². The number of rotatable bonds is 2. The second kappa shape index (κ2) is 5.45. The molecule has 1 aliphatic heterocycles. The zero-order valence-electron chi connectivity index (χ0n) is 10.3. The molecule has 4 heteroatoms. The molecule has 1 aliphatic rings. The third-order valence-electron chi connectivity index (χ3n) is 3.03. The lowest BCUT2D eigenvalue weighted by molar-refractivity contribution is -0.128. The highest BCUT2D eigenvalue weighted by Crippen LogP contribution is 2.21. The maximum absolute atomic E-state index is 12.0. The maximum atomic E-state index is 12.0. The van der Waals surface area contributed by atoms with Gasteiger partial charge in [-0.2, -0.15) is 0 Å². The Hall–Kier alpha value is -1.16. The molecule has 2 rings (SSSR count). The topological polar surface area (TPSA) is 33.2 Å². The van der Waals surface area contributed by atoms with Crippen LogP contribution in [0.15, 0.2) is 17.0 Å². The minimum Gasteiger partial charge on any atom is -0.339 e. The summed E-state index contributed by atoms with van der Waals surface area (Å²) in [5.74, 6) is 1.32. The second-order valence-corrected chi connectivity index (χ2v) is 5.65. The van der Waals surface area contributed by atoms with Gasteiger partial charge in [0.05, 0.1) is 11.2 Å². The number of amides is 1. The Bertz CT molecular complexity index is 390. The molecular weight excluding hydrogens is 232 g/mol. The summed E-state index contributed by atoms with van der Waals surface area (Å²) >= 11 is 1.54. The van der Waals surface area contributed by atoms with Crippen molar-refractivity contribution in [2.75, 3.05) is 13.1 Å². The predicted octanol–water partition coefficient (Wildman–Crippen LogP) is 2.66. The van der Waals surface area contributed by atoms with E-state index < -0.39 is 0 Å². The molecule has 2 atom stereocenters. The maximum Gasteiger partial charge on any atom is 0.246 e. The monoisotopic (exact) mass is 250 g/mol. The zero-order chi connectivity index (χ0) is 12.3. The summed E-state index contributed by atoms with van der Waals surface area (Å²) in [6, 6.07) is 0. The van der Waals surface area contributed by atoms with E-state index in [4.69, 9.17) is 0 Å². The Labute approximate surface area is 106 Å². The van der Waals surface area contributed by atoms with Gasteiger partial charge in [-0.25, -0.2) is 4.98 Å². The molecule has 17 heavy (non-hydrogen) atoms. The lowest BCUT2D eigenvalue weighted by Gasteiger charge is -2.34. The molecule has 92 valence electrons. The molecular formula is C13H18N2OS. The van der Waals surface area contributed by atoms with Gasteiger partial charge in [-0.15, -0.1) is 11.3 Å². The predicted molar refractivity (Wildman–Crippen MR) is 70.7 cm³/mol. The summed E-state index contributed by atoms with van der Waals surface area (Å²) in [5, 5.41) is 1.94. The van der Waals surface area contributed by atoms with Gasteiger partial charge in [0.15, 0.2) is 0 Å². The Morgan fingerprint density at radius 2 is 2.18 bits per heavy atom. The summed E-state index contributed by atoms with van der Waals surface area (Å²) in [4.78, 5) is 18.1. The third kappa shape index (κ3) is 3.40. The first-order chi connectivity index (χ1) is 8.15. The fraction of sp³-hybridized carbons (Fsp3) is 0.538. The number of likely N-dealkylation sites (tertiary alicyclic amines) is 1. The van der Waals surface area contributed by atoms with Gasteiger partial charge in [-0.3, -0.25) is 4.79 Å². The Morgan fingerprint density at radius 1 is 1.47 bits per heavy atom. The van der Waals surface area contributed by atoms with Crippen molar-refractivity contribution in [3.8, 4) is 0 Å². The zero-order valence-corrected chi connectivity index (χ0v) is 11.1. The van der Waals surface area contributed by atoms with Crippen LogP contribution in [0.3, 0.4) is 0 Å². The smallest absolute Gasteiger partial charge is 0.246 e. The van der Waals surface area contributed by atoms with Crippen molar-refractivity contribution in [2.24, 2.45) is 11.8 Å². The van der Waals surface area contributed by atoms with Gasteiger partial charge < -0.3 is 4.90 Å². The van der Waals surface area contributed by atoms with Crippen LogP contribution in [-0.4, -0.2) is 28.9 Å². The third-order valence-corrected chi connectivity index (χ3v) is 3.63. The van der Waals surface area contributed by atoms with Gasteiger partial charge in [0, 0.05) is 24.5 Å². The van der Waals surface area contributed by atoms with Crippen molar-refractivity contribution in [1.82, 2.24) is 9.88 Å². The van der Waals surface area contributed by atoms with Crippen LogP contribution >= 0.6 is 11.3 Å². The highest BCUT2D eigenvalue weighted by atomic mass is 32.1. The largest absolute Gasteiger partial charge is 0.339 e. The molecule has 0 saturated carbocycles. The fourth-order valence-corrected chi connectivity index (χ4v) is 2.93. The van der Waals surface area contributed by atoms with Crippen LogP contribution in [0.1, 0.15) is 26.0 Å². The Kier molecular flexibility index (Phi) is 3.94. The molecule has 2 unspecified atom stereocenters. The Balaban J connectivity index is 1.95. The van der Waals surface area contributed by atoms with Gasteiger partial charge >= 0.3 is 0 Å². The van der Waals surface area contributed by atoms with E-state index in [0.717, 1.165) is 18.8 Å². The molecule has 1 amide bonds. The lowest BCUT2D eigenvalue weighted by Crippen LogP contribution is -2.41. The highest BCUT2D eigenvalue weighted by molar-refractivity contribution is 7.07. The number of thiazole rings is 1. The van der Waals surface area contributed by atoms with Crippen molar-refractivity contribution >= 4 is 23.3 Å². The fourth-order valence-electron chi connectivity index (χ4n) is 2.41. The first-order valence-electron chi connectivity index (χ1n) is 6.00. The molecule has 0 spiro atoms. The molecule has 0 aromatic carbocycles. The van der Waals surface area contributed by atoms with E-state index in [0.29, 0.717) is 11.8 Å². The number of carbonyl (C=O) groups excluding carboxylic acids is 1. The highest BCUT2D eigenvalue weighted by Gasteiger charge is 2.23. The van der Waals surface area contributed by atoms with Crippen LogP contribution in [0, 0.1) is 11.8 Å². The summed E-state index contributed by atoms with van der Waals surface area (Å²) in [6.45, 7) is 6.18. The Morgan fingerprint density at radius 3 is 2.76 bits per heavy atom. The van der Waals surface area contributed by atoms with E-state index in [1.54, 1.807) is 29.0 Å². The second-order valence-electron chi connectivity index (χ2n) is 4.94. The quantitative estimate of drug-likeness (QED) is 0.756. The van der Waals surface area contributed by atoms with Crippen molar-refractivity contribution in [2.45, 2.75) is 20.3 Å². The van der Waals surface area contributed by atoms with Crippen LogP contribution in [0.5, 0.6) is 0 Å². The molecule has 1 fully saturated rings. The normalized spacial score (nSPS) is 25.4. The van der Waals surface area contributed by atoms with Crippen molar-refractivity contribution in [1.29, 1.82) is 0 Å². The molecule has 0 aliphatic carbocycles. The number of hydrogen-bond donors (Lipinski definition) is 0. The number of aromatic nitrogens is 1. The van der Waals surface area contributed by atoms with E-state index >= 15 is 0 Å². The average Bonchev–Trinajstić information content (AvgIpc) is 2.77. The van der Waals surface area contributed by atoms with Crippen molar-refractivity contribution in [3.63, 3.8) is 0 Å². The molecule has 1 aromatic heterocycles. The number of carbonyl (C=O) groups is 1. The SMILES string of the molecule is CC1CC(C)CN(C(=O)/C=C/c2cscn2)C1. The van der Waals surface area contributed by atoms with Gasteiger partial charge in [-0.1, -0.05) is 13.8 Å². The molecule has 2 heterocycles. The minimum atomic E-state index is 0.108. The summed E-state index contributed by atoms with van der Waals surface area (Å²) in [6.07, 6.45) is 4.65. The first-order valence-corrected chi connectivity index (χ1v) is 6.94. The minimum absolute atomic E-state index is 0.108. The number of nitrogens with zero attached hydrogens (tertiary/aromatic N) is 2. The summed E-state index contributed by atoms with van der Waals surface area (Å²) < 4.78 is 0. The molecule has 3 nitrogen and oxygen atoms in total. The molecule has 0 bridgehead atoms. The first kappa shape index (κ1) is 12.3. The standard InChI is InChI=1S/C13H18N2OS/c1-10-5-11(2)7-15(6-10)13(16)4-3-12-8-17-9-14-12/h3-4,8-11H,5-7H2,1-2H3/b4-3+. The van der Waals surface area contributed by atoms with Crippen LogP contribution in [-0.2, 0) is 4.79 Å². The van der Waals surface area contributed by atoms with Crippen LogP contribution in [0.4, 0.5) is 0 Å². The lowest BCUT2D eigenvalue weighted by atomic mass is 9.92. The molecule has 0 N–H and O–H groups in total. The number of piperidine rings is 1. The van der Waals surface area contributed by atoms with Crippen molar-refractivity contribution in [3.05, 3.63) is 22.7 Å². The van der Waals surface area contributed by atoms with Gasteiger partial charge in [0.1, 0.15) is 0 Å². The molecule has 0 radical (unpaired) electrons. The van der Waals surface area contributed by atoms with Crippen molar-refractivity contribution < 1.29 is 4.79 Å². The summed E-state index contributed by atoms with van der Waals surface area (Å²) in [7, 11) is 0. The van der Waals surface area contributed by atoms with Gasteiger partial charge in [0.2, 0.25) is 5.91 Å². The van der Waals surface area contributed by atoms with Crippen LogP contribution in [0.2, 0.25) is 0 Å².